The van der Waals surface area contributed by atoms with E-state index < -0.39 is 11.7 Å². The number of aliphatic hydroxyl groups excluding tert-OH is 1. The minimum atomic E-state index is -3.69. The van der Waals surface area contributed by atoms with Gasteiger partial charge in [0, 0.05) is 52.4 Å². The van der Waals surface area contributed by atoms with Crippen LogP contribution in [0, 0.1) is 0 Å². The molecule has 0 radical (unpaired) electrons. The Bertz CT molecular complexity index is 1380. The van der Waals surface area contributed by atoms with E-state index in [9.17, 15) is 18.7 Å². The first-order chi connectivity index (χ1) is 17.0. The predicted octanol–water partition coefficient (Wildman–Crippen LogP) is 4.57. The number of anilines is 1. The fourth-order valence-corrected chi connectivity index (χ4v) is 5.33. The number of amides is 1. The van der Waals surface area contributed by atoms with Crippen molar-refractivity contribution >= 4 is 22.5 Å². The molecule has 6 rings (SSSR count). The average molecular weight is 498 g/mol. The van der Waals surface area contributed by atoms with E-state index in [1.807, 2.05) is 12.1 Å². The second-order valence-corrected chi connectivity index (χ2v) is 10.9. The summed E-state index contributed by atoms with van der Waals surface area (Å²) in [5.41, 5.74) is 3.63. The summed E-state index contributed by atoms with van der Waals surface area (Å²) in [6.45, 7) is 7.78. The van der Waals surface area contributed by atoms with Crippen molar-refractivity contribution in [3.05, 3.63) is 53.2 Å². The van der Waals surface area contributed by atoms with Gasteiger partial charge in [-0.3, -0.25) is 4.79 Å². The molecule has 1 aliphatic carbocycles. The van der Waals surface area contributed by atoms with E-state index in [2.05, 4.69) is 51.5 Å². The molecule has 2 fully saturated rings. The van der Waals surface area contributed by atoms with Crippen LogP contribution < -0.4 is 20.1 Å². The van der Waals surface area contributed by atoms with Crippen molar-refractivity contribution in [3.8, 4) is 11.5 Å². The number of nitrogens with zero attached hydrogens (tertiary/aromatic N) is 1. The molecule has 7 nitrogen and oxygen atoms in total. The molecule has 2 aliphatic heterocycles. The molecule has 0 bridgehead atoms. The van der Waals surface area contributed by atoms with Gasteiger partial charge >= 0.3 is 6.29 Å². The molecular weight excluding hydrogens is 468 g/mol. The molecular formula is C27H29F2N3O4. The second kappa shape index (κ2) is 7.66. The fourth-order valence-electron chi connectivity index (χ4n) is 5.33. The van der Waals surface area contributed by atoms with Crippen molar-refractivity contribution < 1.29 is 28.2 Å². The molecule has 190 valence electrons. The number of rotatable bonds is 6. The number of aliphatic hydroxyl groups is 1. The van der Waals surface area contributed by atoms with Crippen molar-refractivity contribution in [2.45, 2.75) is 63.3 Å². The van der Waals surface area contributed by atoms with Crippen molar-refractivity contribution in [2.24, 2.45) is 0 Å². The normalized spacial score (nSPS) is 21.0. The van der Waals surface area contributed by atoms with E-state index in [1.54, 1.807) is 6.07 Å². The van der Waals surface area contributed by atoms with E-state index in [0.29, 0.717) is 24.9 Å². The van der Waals surface area contributed by atoms with Gasteiger partial charge in [-0.15, -0.1) is 8.78 Å². The average Bonchev–Trinajstić information content (AvgIpc) is 3.71. The van der Waals surface area contributed by atoms with Crippen molar-refractivity contribution in [2.75, 3.05) is 18.5 Å². The number of alkyl halides is 2. The molecule has 9 heteroatoms. The molecule has 0 spiro atoms. The number of hydrogen-bond acceptors (Lipinski definition) is 5. The first-order valence-electron chi connectivity index (χ1n) is 12.3. The zero-order valence-corrected chi connectivity index (χ0v) is 20.5. The van der Waals surface area contributed by atoms with Gasteiger partial charge in [0.25, 0.3) is 0 Å². The summed E-state index contributed by atoms with van der Waals surface area (Å²) in [4.78, 5) is 13.6. The molecule has 1 unspecified atom stereocenters. The first kappa shape index (κ1) is 23.2. The first-order valence-corrected chi connectivity index (χ1v) is 12.3. The van der Waals surface area contributed by atoms with E-state index in [4.69, 9.17) is 0 Å². The summed E-state index contributed by atoms with van der Waals surface area (Å²) in [5.74, 6) is -0.254. The summed E-state index contributed by atoms with van der Waals surface area (Å²) in [7, 11) is 0. The maximum atomic E-state index is 13.6. The maximum Gasteiger partial charge on any atom is 0.586 e. The largest absolute Gasteiger partial charge is 0.586 e. The van der Waals surface area contributed by atoms with Gasteiger partial charge in [-0.25, -0.2) is 0 Å². The highest BCUT2D eigenvalue weighted by atomic mass is 19.3. The quantitative estimate of drug-likeness (QED) is 0.434. The number of ether oxygens (including phenoxy) is 2. The Morgan fingerprint density at radius 3 is 2.53 bits per heavy atom. The molecule has 1 aromatic heterocycles. The SMILES string of the molecule is CC(C)(C)c1cc2c(C3CN3)c(NC(=O)C3(c4ccc5c(c4)OC(F)(F)O5)CC3)ccc2n1CCO. The molecule has 3 N–H and O–H groups in total. The Kier molecular flexibility index (Phi) is 4.95. The Morgan fingerprint density at radius 2 is 1.89 bits per heavy atom. The van der Waals surface area contributed by atoms with Crippen LogP contribution in [-0.2, 0) is 22.2 Å². The van der Waals surface area contributed by atoms with Gasteiger partial charge in [0.15, 0.2) is 11.5 Å². The summed E-state index contributed by atoms with van der Waals surface area (Å²) in [6, 6.07) is 10.8. The number of hydrogen-bond donors (Lipinski definition) is 3. The van der Waals surface area contributed by atoms with Crippen LogP contribution >= 0.6 is 0 Å². The molecule has 1 atom stereocenters. The van der Waals surface area contributed by atoms with Crippen LogP contribution in [0.2, 0.25) is 0 Å². The smallest absolute Gasteiger partial charge is 0.395 e. The summed E-state index contributed by atoms with van der Waals surface area (Å²) >= 11 is 0. The maximum absolute atomic E-state index is 13.6. The number of fused-ring (bicyclic) bond motifs is 2. The van der Waals surface area contributed by atoms with Crippen LogP contribution in [0.4, 0.5) is 14.5 Å². The lowest BCUT2D eigenvalue weighted by atomic mass is 9.91. The molecule has 1 saturated heterocycles. The Hall–Kier alpha value is -3.17. The number of nitrogens with one attached hydrogen (secondary N) is 2. The van der Waals surface area contributed by atoms with Crippen LogP contribution in [0.1, 0.15) is 56.5 Å². The Morgan fingerprint density at radius 1 is 1.17 bits per heavy atom. The molecule has 2 aromatic carbocycles. The van der Waals surface area contributed by atoms with Crippen LogP contribution in [0.25, 0.3) is 10.9 Å². The van der Waals surface area contributed by atoms with Gasteiger partial charge in [-0.2, -0.15) is 0 Å². The van der Waals surface area contributed by atoms with Crippen LogP contribution in [0.3, 0.4) is 0 Å². The van der Waals surface area contributed by atoms with Crippen LogP contribution in [0.15, 0.2) is 36.4 Å². The van der Waals surface area contributed by atoms with Crippen molar-refractivity contribution in [3.63, 3.8) is 0 Å². The minimum Gasteiger partial charge on any atom is -0.395 e. The van der Waals surface area contributed by atoms with E-state index in [-0.39, 0.29) is 35.5 Å². The van der Waals surface area contributed by atoms with Crippen molar-refractivity contribution in [1.29, 1.82) is 0 Å². The highest BCUT2D eigenvalue weighted by molar-refractivity contribution is 6.04. The number of carbonyl (C=O) groups excluding carboxylic acids is 1. The fraction of sp³-hybridized carbons (Fsp3) is 0.444. The second-order valence-electron chi connectivity index (χ2n) is 10.9. The number of benzene rings is 2. The van der Waals surface area contributed by atoms with Gasteiger partial charge < -0.3 is 29.8 Å². The zero-order chi connectivity index (χ0) is 25.5. The third-order valence-electron chi connectivity index (χ3n) is 7.36. The topological polar surface area (TPSA) is 94.7 Å². The third kappa shape index (κ3) is 3.72. The summed E-state index contributed by atoms with van der Waals surface area (Å²) < 4.78 is 38.2. The molecule has 3 heterocycles. The highest BCUT2D eigenvalue weighted by Gasteiger charge is 2.53. The minimum absolute atomic E-state index is 0.0328. The zero-order valence-electron chi connectivity index (χ0n) is 20.5. The standard InChI is InChI=1S/C27H29F2N3O4/c1-25(2,3)22-13-16-19(32(22)10-11-33)6-5-17(23(16)18-14-30-18)31-24(34)26(8-9-26)15-4-7-20-21(12-15)36-27(28,29)35-20/h4-7,12-13,18,30,33H,8-11,14H2,1-3H3,(H,31,34). The number of aromatic nitrogens is 1. The van der Waals surface area contributed by atoms with Crippen LogP contribution in [0.5, 0.6) is 11.5 Å². The molecule has 1 saturated carbocycles. The molecule has 1 amide bonds. The van der Waals surface area contributed by atoms with Gasteiger partial charge in [-0.1, -0.05) is 26.8 Å². The van der Waals surface area contributed by atoms with E-state index in [1.165, 1.54) is 12.1 Å². The lowest BCUT2D eigenvalue weighted by molar-refractivity contribution is -0.286. The summed E-state index contributed by atoms with van der Waals surface area (Å²) in [5, 5.41) is 17.3. The molecule has 3 aliphatic rings. The Balaban J connectivity index is 1.36. The van der Waals surface area contributed by atoms with E-state index >= 15 is 0 Å². The molecule has 3 aromatic rings. The number of carbonyl (C=O) groups is 1. The lowest BCUT2D eigenvalue weighted by Gasteiger charge is -2.21. The van der Waals surface area contributed by atoms with E-state index in [0.717, 1.165) is 34.4 Å². The Labute approximate surface area is 207 Å². The monoisotopic (exact) mass is 497 g/mol. The van der Waals surface area contributed by atoms with Crippen LogP contribution in [-0.4, -0.2) is 35.0 Å². The van der Waals surface area contributed by atoms with Crippen molar-refractivity contribution in [1.82, 2.24) is 9.88 Å². The summed E-state index contributed by atoms with van der Waals surface area (Å²) in [6.07, 6.45) is -2.45. The molecule has 36 heavy (non-hydrogen) atoms. The lowest BCUT2D eigenvalue weighted by Crippen LogP contribution is -2.28. The highest BCUT2D eigenvalue weighted by Crippen LogP contribution is 2.52. The predicted molar refractivity (Wildman–Crippen MR) is 131 cm³/mol. The third-order valence-corrected chi connectivity index (χ3v) is 7.36. The van der Waals surface area contributed by atoms with Gasteiger partial charge in [0.2, 0.25) is 5.91 Å². The van der Waals surface area contributed by atoms with Gasteiger partial charge in [-0.05, 0) is 48.7 Å². The van der Waals surface area contributed by atoms with Gasteiger partial charge in [0.05, 0.1) is 12.0 Å². The number of halogens is 2. The van der Waals surface area contributed by atoms with Gasteiger partial charge in [0.1, 0.15) is 0 Å².